The van der Waals surface area contributed by atoms with Gasteiger partial charge in [0.15, 0.2) is 6.10 Å². The average molecular weight is 417 g/mol. The van der Waals surface area contributed by atoms with Gasteiger partial charge >= 0.3 is 0 Å². The van der Waals surface area contributed by atoms with Gasteiger partial charge in [-0.3, -0.25) is 4.79 Å². The lowest BCUT2D eigenvalue weighted by Gasteiger charge is -2.20. The second kappa shape index (κ2) is 9.24. The van der Waals surface area contributed by atoms with Crippen molar-refractivity contribution in [1.82, 2.24) is 4.72 Å². The van der Waals surface area contributed by atoms with E-state index in [0.29, 0.717) is 11.4 Å². The minimum atomic E-state index is -3.60. The highest BCUT2D eigenvalue weighted by molar-refractivity contribution is 7.89. The molecule has 0 aliphatic carbocycles. The van der Waals surface area contributed by atoms with Gasteiger partial charge in [0.25, 0.3) is 5.91 Å². The average Bonchev–Trinajstić information content (AvgIpc) is 2.66. The highest BCUT2D eigenvalue weighted by Crippen LogP contribution is 2.24. The molecule has 6 nitrogen and oxygen atoms in total. The zero-order chi connectivity index (χ0) is 21.7. The lowest BCUT2D eigenvalue weighted by molar-refractivity contribution is -0.122. The van der Waals surface area contributed by atoms with Gasteiger partial charge in [-0.1, -0.05) is 39.0 Å². The van der Waals surface area contributed by atoms with Gasteiger partial charge in [0.1, 0.15) is 5.75 Å². The molecule has 7 heteroatoms. The molecule has 0 saturated heterocycles. The van der Waals surface area contributed by atoms with E-state index in [1.807, 2.05) is 24.3 Å². The molecule has 2 N–H and O–H groups in total. The molecule has 0 saturated carbocycles. The predicted octanol–water partition coefficient (Wildman–Crippen LogP) is 3.85. The molecule has 2 aromatic carbocycles. The summed E-state index contributed by atoms with van der Waals surface area (Å²) in [6, 6.07) is 13.6. The lowest BCUT2D eigenvalue weighted by atomic mass is 9.87. The number of hydrogen-bond acceptors (Lipinski definition) is 4. The Morgan fingerprint density at radius 2 is 1.69 bits per heavy atom. The van der Waals surface area contributed by atoms with Crippen molar-refractivity contribution in [2.45, 2.75) is 44.1 Å². The van der Waals surface area contributed by atoms with E-state index in [1.54, 1.807) is 6.92 Å². The van der Waals surface area contributed by atoms with Crippen molar-refractivity contribution in [1.29, 1.82) is 0 Å². The Kier molecular flexibility index (Phi) is 7.21. The summed E-state index contributed by atoms with van der Waals surface area (Å²) in [6.07, 6.45) is 0.748. The zero-order valence-electron chi connectivity index (χ0n) is 17.2. The quantitative estimate of drug-likeness (QED) is 0.640. The molecule has 0 fully saturated rings. The Morgan fingerprint density at radius 3 is 2.21 bits per heavy atom. The summed E-state index contributed by atoms with van der Waals surface area (Å²) in [7, 11) is -3.60. The van der Waals surface area contributed by atoms with E-state index in [0.717, 1.165) is 0 Å². The topological polar surface area (TPSA) is 84.5 Å². The van der Waals surface area contributed by atoms with Crippen LogP contribution in [0.3, 0.4) is 0 Å². The number of ether oxygens (including phenoxy) is 1. The van der Waals surface area contributed by atoms with E-state index in [9.17, 15) is 13.2 Å². The number of amides is 1. The third-order valence-corrected chi connectivity index (χ3v) is 5.69. The van der Waals surface area contributed by atoms with Gasteiger partial charge < -0.3 is 10.1 Å². The molecule has 1 unspecified atom stereocenters. The summed E-state index contributed by atoms with van der Waals surface area (Å²) < 4.78 is 32.2. The smallest absolute Gasteiger partial charge is 0.265 e. The maximum absolute atomic E-state index is 12.4. The molecule has 1 amide bonds. The van der Waals surface area contributed by atoms with Crippen molar-refractivity contribution in [3.63, 3.8) is 0 Å². The fourth-order valence-corrected chi connectivity index (χ4v) is 3.50. The molecule has 2 aromatic rings. The van der Waals surface area contributed by atoms with Gasteiger partial charge in [0.2, 0.25) is 10.0 Å². The number of carbonyl (C=O) groups is 1. The predicted molar refractivity (Wildman–Crippen MR) is 116 cm³/mol. The van der Waals surface area contributed by atoms with Gasteiger partial charge in [-0.05, 0) is 54.3 Å². The zero-order valence-corrected chi connectivity index (χ0v) is 18.0. The van der Waals surface area contributed by atoms with Gasteiger partial charge in [-0.2, -0.15) is 0 Å². The van der Waals surface area contributed by atoms with Crippen LogP contribution in [0.25, 0.3) is 0 Å². The van der Waals surface area contributed by atoms with Crippen LogP contribution in [-0.4, -0.2) is 27.0 Å². The summed E-state index contributed by atoms with van der Waals surface area (Å²) in [5.74, 6) is 0.278. The standard InChI is InChI=1S/C22H28N2O4S/c1-6-15-23-29(26,27)20-13-9-18(10-14-20)24-21(25)16(2)28-19-11-7-17(8-12-19)22(3,4)5/h6-14,16,23H,1,15H2,2-5H3,(H,24,25). The maximum Gasteiger partial charge on any atom is 0.265 e. The number of benzene rings is 2. The van der Waals surface area contributed by atoms with Crippen molar-refractivity contribution in [2.24, 2.45) is 0 Å². The SMILES string of the molecule is C=CCNS(=O)(=O)c1ccc(NC(=O)C(C)Oc2ccc(C(C)(C)C)cc2)cc1. The highest BCUT2D eigenvalue weighted by Gasteiger charge is 2.18. The van der Waals surface area contributed by atoms with Gasteiger partial charge in [-0.25, -0.2) is 13.1 Å². The van der Waals surface area contributed by atoms with Crippen LogP contribution in [0, 0.1) is 0 Å². The molecule has 0 aliphatic rings. The van der Waals surface area contributed by atoms with Crippen LogP contribution < -0.4 is 14.8 Å². The highest BCUT2D eigenvalue weighted by atomic mass is 32.2. The largest absolute Gasteiger partial charge is 0.481 e. The van der Waals surface area contributed by atoms with Gasteiger partial charge in [-0.15, -0.1) is 6.58 Å². The van der Waals surface area contributed by atoms with E-state index in [1.165, 1.54) is 35.9 Å². The number of anilines is 1. The Bertz CT molecular complexity index is 944. The molecule has 2 rings (SSSR count). The first-order valence-corrected chi connectivity index (χ1v) is 10.8. The number of nitrogens with one attached hydrogen (secondary N) is 2. The van der Waals surface area contributed by atoms with Crippen LogP contribution in [0.2, 0.25) is 0 Å². The molecule has 29 heavy (non-hydrogen) atoms. The Labute approximate surface area is 173 Å². The van der Waals surface area contributed by atoms with Crippen molar-refractivity contribution >= 4 is 21.6 Å². The van der Waals surface area contributed by atoms with E-state index < -0.39 is 16.1 Å². The van der Waals surface area contributed by atoms with Crippen LogP contribution in [0.15, 0.2) is 66.1 Å². The molecule has 0 spiro atoms. The van der Waals surface area contributed by atoms with Crippen molar-refractivity contribution in [2.75, 3.05) is 11.9 Å². The van der Waals surface area contributed by atoms with Crippen molar-refractivity contribution in [3.05, 3.63) is 66.7 Å². The molecule has 0 aromatic heterocycles. The summed E-state index contributed by atoms with van der Waals surface area (Å²) in [5, 5.41) is 2.72. The molecule has 0 radical (unpaired) electrons. The van der Waals surface area contributed by atoms with E-state index in [-0.39, 0.29) is 22.8 Å². The second-order valence-corrected chi connectivity index (χ2v) is 9.46. The second-order valence-electron chi connectivity index (χ2n) is 7.69. The summed E-state index contributed by atoms with van der Waals surface area (Å²) in [5.41, 5.74) is 1.71. The number of rotatable bonds is 8. The molecular formula is C22H28N2O4S. The first-order valence-electron chi connectivity index (χ1n) is 9.31. The Morgan fingerprint density at radius 1 is 1.10 bits per heavy atom. The third-order valence-electron chi connectivity index (χ3n) is 4.25. The first-order chi connectivity index (χ1) is 13.5. The fraction of sp³-hybridized carbons (Fsp3) is 0.318. The number of carbonyl (C=O) groups excluding carboxylic acids is 1. The van der Waals surface area contributed by atoms with E-state index in [4.69, 9.17) is 4.74 Å². The van der Waals surface area contributed by atoms with Gasteiger partial charge in [0.05, 0.1) is 4.90 Å². The molecule has 0 heterocycles. The van der Waals surface area contributed by atoms with Crippen LogP contribution in [0.1, 0.15) is 33.3 Å². The third kappa shape index (κ3) is 6.44. The molecule has 0 bridgehead atoms. The normalized spacial score (nSPS) is 12.8. The first kappa shape index (κ1) is 22.6. The van der Waals surface area contributed by atoms with E-state index >= 15 is 0 Å². The summed E-state index contributed by atoms with van der Waals surface area (Å²) >= 11 is 0. The maximum atomic E-state index is 12.4. The molecule has 1 atom stereocenters. The van der Waals surface area contributed by atoms with Crippen LogP contribution >= 0.6 is 0 Å². The minimum absolute atomic E-state index is 0.0440. The fourth-order valence-electron chi connectivity index (χ4n) is 2.50. The molecule has 0 aliphatic heterocycles. The van der Waals surface area contributed by atoms with E-state index in [2.05, 4.69) is 37.4 Å². The van der Waals surface area contributed by atoms with Crippen LogP contribution in [-0.2, 0) is 20.2 Å². The monoisotopic (exact) mass is 416 g/mol. The lowest BCUT2D eigenvalue weighted by Crippen LogP contribution is -2.30. The molecule has 156 valence electrons. The van der Waals surface area contributed by atoms with Crippen LogP contribution in [0.4, 0.5) is 5.69 Å². The summed E-state index contributed by atoms with van der Waals surface area (Å²) in [4.78, 5) is 12.5. The Hall–Kier alpha value is -2.64. The molecular weight excluding hydrogens is 388 g/mol. The van der Waals surface area contributed by atoms with Gasteiger partial charge in [0, 0.05) is 12.2 Å². The van der Waals surface area contributed by atoms with Crippen LogP contribution in [0.5, 0.6) is 5.75 Å². The minimum Gasteiger partial charge on any atom is -0.481 e. The summed E-state index contributed by atoms with van der Waals surface area (Å²) in [6.45, 7) is 11.7. The van der Waals surface area contributed by atoms with Crippen molar-refractivity contribution < 1.29 is 17.9 Å². The number of sulfonamides is 1. The number of hydrogen-bond donors (Lipinski definition) is 2. The van der Waals surface area contributed by atoms with Crippen molar-refractivity contribution in [3.8, 4) is 5.75 Å². The Balaban J connectivity index is 1.98.